The molecule has 3 heterocycles. The molecule has 0 saturated carbocycles. The number of carboxylic acid groups (broad SMARTS) is 2. The molecule has 12 heteroatoms. The molecule has 4 N–H and O–H groups in total. The fraction of sp³-hybridized carbons (Fsp3) is 0.138. The maximum atomic E-state index is 14.0. The van der Waals surface area contributed by atoms with Crippen molar-refractivity contribution >= 4 is 40.9 Å². The zero-order valence-electron chi connectivity index (χ0n) is 21.3. The number of carbonyl (C=O) groups is 3. The first-order valence-electron chi connectivity index (χ1n) is 12.5. The number of pyridine rings is 1. The van der Waals surface area contributed by atoms with Crippen LogP contribution in [0.1, 0.15) is 50.7 Å². The van der Waals surface area contributed by atoms with Crippen LogP contribution in [-0.2, 0) is 4.79 Å². The summed E-state index contributed by atoms with van der Waals surface area (Å²) in [6.07, 6.45) is 1.62. The zero-order chi connectivity index (χ0) is 29.1. The van der Waals surface area contributed by atoms with Gasteiger partial charge in [-0.25, -0.2) is 14.0 Å². The van der Waals surface area contributed by atoms with E-state index in [2.05, 4.69) is 15.6 Å². The predicted molar refractivity (Wildman–Crippen MR) is 150 cm³/mol. The Bertz CT molecular complexity index is 1610. The number of para-hydroxylation sites is 1. The van der Waals surface area contributed by atoms with Gasteiger partial charge in [0.25, 0.3) is 0 Å². The molecule has 1 amide bonds. The smallest absolute Gasteiger partial charge is 0.335 e. The number of carbonyl (C=O) groups excluding carboxylic acids is 1. The van der Waals surface area contributed by atoms with E-state index in [4.69, 9.17) is 16.6 Å². The number of anilines is 1. The summed E-state index contributed by atoms with van der Waals surface area (Å²) >= 11 is 5.61. The molecule has 2 atom stereocenters. The Morgan fingerprint density at radius 3 is 2.37 bits per heavy atom. The Morgan fingerprint density at radius 2 is 1.71 bits per heavy atom. The van der Waals surface area contributed by atoms with Crippen LogP contribution < -0.4 is 10.6 Å². The lowest BCUT2D eigenvalue weighted by Gasteiger charge is -2.25. The molecule has 1 aliphatic heterocycles. The van der Waals surface area contributed by atoms with Gasteiger partial charge in [-0.05, 0) is 66.8 Å². The van der Waals surface area contributed by atoms with Crippen LogP contribution in [0, 0.1) is 5.82 Å². The van der Waals surface area contributed by atoms with Crippen LogP contribution in [0.25, 0.3) is 11.3 Å². The number of carboxylic acids is 2. The highest BCUT2D eigenvalue weighted by molar-refractivity contribution is 7.80. The molecule has 2 aromatic carbocycles. The minimum atomic E-state index is -1.28. The van der Waals surface area contributed by atoms with E-state index in [0.29, 0.717) is 16.6 Å². The molecule has 5 rings (SSSR count). The molecule has 1 aliphatic rings. The molecule has 1 saturated heterocycles. The molecule has 10 nitrogen and oxygen atoms in total. The fourth-order valence-electron chi connectivity index (χ4n) is 4.64. The number of aromatic carboxylic acids is 2. The standard InChI is InChI=1S/C29H23FN4O6S/c30-19-5-1-2-6-20(19)32-24(35)10-12-34-26(25(33-29(34)41)21-7-3-4-11-31-21)23-9-8-22(40-23)16-13-17(27(36)37)15-18(14-16)28(38)39/h1-9,11,13-15,25-26H,10,12H2,(H,32,35)(H,33,41)(H,36,37)(H,38,39)/t25-,26-/m0/s1. The van der Waals surface area contributed by atoms with Crippen molar-refractivity contribution < 1.29 is 33.4 Å². The molecule has 4 aromatic rings. The van der Waals surface area contributed by atoms with Crippen molar-refractivity contribution in [1.82, 2.24) is 15.2 Å². The average Bonchev–Trinajstić information content (AvgIpc) is 3.58. The Morgan fingerprint density at radius 1 is 1.00 bits per heavy atom. The van der Waals surface area contributed by atoms with Gasteiger partial charge in [-0.15, -0.1) is 0 Å². The summed E-state index contributed by atoms with van der Waals surface area (Å²) in [5, 5.41) is 25.1. The summed E-state index contributed by atoms with van der Waals surface area (Å²) in [6, 6.07) is 17.3. The van der Waals surface area contributed by atoms with Crippen LogP contribution in [0.3, 0.4) is 0 Å². The van der Waals surface area contributed by atoms with E-state index in [0.717, 1.165) is 6.07 Å². The lowest BCUT2D eigenvalue weighted by molar-refractivity contribution is -0.116. The van der Waals surface area contributed by atoms with Gasteiger partial charge in [0.1, 0.15) is 23.4 Å². The largest absolute Gasteiger partial charge is 0.478 e. The number of halogens is 1. The number of rotatable bonds is 9. The summed E-state index contributed by atoms with van der Waals surface area (Å²) in [5.74, 6) is -2.84. The van der Waals surface area contributed by atoms with E-state index in [9.17, 15) is 29.0 Å². The maximum absolute atomic E-state index is 14.0. The van der Waals surface area contributed by atoms with E-state index in [-0.39, 0.29) is 41.1 Å². The van der Waals surface area contributed by atoms with E-state index in [1.54, 1.807) is 35.4 Å². The van der Waals surface area contributed by atoms with Crippen LogP contribution >= 0.6 is 12.2 Å². The molecule has 0 spiro atoms. The number of hydrogen-bond donors (Lipinski definition) is 4. The maximum Gasteiger partial charge on any atom is 0.335 e. The van der Waals surface area contributed by atoms with Crippen molar-refractivity contribution in [3.05, 3.63) is 107 Å². The van der Waals surface area contributed by atoms with Gasteiger partial charge in [-0.1, -0.05) is 18.2 Å². The van der Waals surface area contributed by atoms with E-state index in [1.807, 2.05) is 12.1 Å². The number of nitrogens with zero attached hydrogens (tertiary/aromatic N) is 2. The van der Waals surface area contributed by atoms with Gasteiger partial charge in [0, 0.05) is 24.7 Å². The van der Waals surface area contributed by atoms with Crippen molar-refractivity contribution in [3.8, 4) is 11.3 Å². The van der Waals surface area contributed by atoms with Crippen molar-refractivity contribution in [2.24, 2.45) is 0 Å². The second-order valence-electron chi connectivity index (χ2n) is 9.21. The Balaban J connectivity index is 1.45. The number of furan rings is 1. The number of hydrogen-bond acceptors (Lipinski definition) is 6. The number of aromatic nitrogens is 1. The monoisotopic (exact) mass is 574 g/mol. The summed E-state index contributed by atoms with van der Waals surface area (Å²) in [5.41, 5.74) is 0.609. The van der Waals surface area contributed by atoms with Crippen LogP contribution in [0.15, 0.2) is 83.4 Å². The second-order valence-corrected chi connectivity index (χ2v) is 9.60. The lowest BCUT2D eigenvalue weighted by atomic mass is 10.0. The Labute approximate surface area is 238 Å². The second kappa shape index (κ2) is 11.6. The highest BCUT2D eigenvalue weighted by Crippen LogP contribution is 2.40. The number of benzene rings is 2. The number of nitrogens with one attached hydrogen (secondary N) is 2. The predicted octanol–water partition coefficient (Wildman–Crippen LogP) is 4.88. The van der Waals surface area contributed by atoms with Gasteiger partial charge in [-0.2, -0.15) is 0 Å². The fourth-order valence-corrected chi connectivity index (χ4v) is 4.97. The molecule has 2 aromatic heterocycles. The SMILES string of the molecule is O=C(CCN1C(=S)N[C@@H](c2ccccn2)[C@@H]1c1ccc(-c2cc(C(=O)O)cc(C(=O)O)c2)o1)Nc1ccccc1F. The van der Waals surface area contributed by atoms with Crippen LogP contribution in [0.4, 0.5) is 10.1 Å². The molecule has 1 fully saturated rings. The third-order valence-corrected chi connectivity index (χ3v) is 6.91. The van der Waals surface area contributed by atoms with Crippen molar-refractivity contribution in [2.45, 2.75) is 18.5 Å². The molecule has 208 valence electrons. The van der Waals surface area contributed by atoms with E-state index < -0.39 is 35.7 Å². The first kappa shape index (κ1) is 27.5. The van der Waals surface area contributed by atoms with Crippen molar-refractivity contribution in [3.63, 3.8) is 0 Å². The van der Waals surface area contributed by atoms with E-state index in [1.165, 1.54) is 30.3 Å². The molecule has 41 heavy (non-hydrogen) atoms. The van der Waals surface area contributed by atoms with Gasteiger partial charge >= 0.3 is 11.9 Å². The van der Waals surface area contributed by atoms with Gasteiger partial charge in [-0.3, -0.25) is 9.78 Å². The molecule has 0 aliphatic carbocycles. The number of thiocarbonyl (C=S) groups is 1. The minimum Gasteiger partial charge on any atom is -0.478 e. The Hall–Kier alpha value is -5.10. The molecule has 0 unspecified atom stereocenters. The van der Waals surface area contributed by atoms with Crippen molar-refractivity contribution in [1.29, 1.82) is 0 Å². The normalized spacial score (nSPS) is 16.3. The third-order valence-electron chi connectivity index (χ3n) is 6.56. The van der Waals surface area contributed by atoms with Gasteiger partial charge in [0.05, 0.1) is 28.6 Å². The van der Waals surface area contributed by atoms with Gasteiger partial charge in [0.2, 0.25) is 5.91 Å². The quantitative estimate of drug-likeness (QED) is 0.204. The first-order chi connectivity index (χ1) is 19.7. The molecular formula is C29H23FN4O6S. The minimum absolute atomic E-state index is 0.0161. The van der Waals surface area contributed by atoms with Crippen LogP contribution in [0.2, 0.25) is 0 Å². The highest BCUT2D eigenvalue weighted by Gasteiger charge is 2.41. The van der Waals surface area contributed by atoms with Gasteiger partial charge < -0.3 is 30.2 Å². The van der Waals surface area contributed by atoms with Crippen molar-refractivity contribution in [2.75, 3.05) is 11.9 Å². The third kappa shape index (κ3) is 5.92. The topological polar surface area (TPSA) is 145 Å². The average molecular weight is 575 g/mol. The summed E-state index contributed by atoms with van der Waals surface area (Å²) < 4.78 is 20.2. The van der Waals surface area contributed by atoms with Gasteiger partial charge in [0.15, 0.2) is 5.11 Å². The first-order valence-corrected chi connectivity index (χ1v) is 12.9. The molecule has 0 bridgehead atoms. The van der Waals surface area contributed by atoms with Crippen LogP contribution in [0.5, 0.6) is 0 Å². The Kier molecular flexibility index (Phi) is 7.74. The van der Waals surface area contributed by atoms with E-state index >= 15 is 0 Å². The molecule has 0 radical (unpaired) electrons. The lowest BCUT2D eigenvalue weighted by Crippen LogP contribution is -2.32. The molecular weight excluding hydrogens is 551 g/mol. The number of amides is 1. The summed E-state index contributed by atoms with van der Waals surface area (Å²) in [7, 11) is 0. The summed E-state index contributed by atoms with van der Waals surface area (Å²) in [4.78, 5) is 42.1. The highest BCUT2D eigenvalue weighted by atomic mass is 32.1. The summed E-state index contributed by atoms with van der Waals surface area (Å²) in [6.45, 7) is 0.161. The van der Waals surface area contributed by atoms with Crippen LogP contribution in [-0.4, -0.2) is 49.6 Å². The zero-order valence-corrected chi connectivity index (χ0v) is 22.1.